The predicted octanol–water partition coefficient (Wildman–Crippen LogP) is 3.07. The van der Waals surface area contributed by atoms with E-state index < -0.39 is 0 Å². The SMILES string of the molecule is CO[C@@H]1CCCCC[C@H]1NC(=O)c1csc([C@@H]2CCCO2)n1. The molecule has 6 heteroatoms. The standard InChI is InChI=1S/C16H24N2O3S/c1-20-13-7-4-2-3-6-11(13)17-15(19)12-10-22-16(18-12)14-8-5-9-21-14/h10-11,13-14H,2-9H2,1H3,(H,17,19)/t11-,13-,14+/m1/s1. The van der Waals surface area contributed by atoms with Crippen LogP contribution >= 0.6 is 11.3 Å². The first kappa shape index (κ1) is 15.9. The molecule has 5 nitrogen and oxygen atoms in total. The third-order valence-electron chi connectivity index (χ3n) is 4.53. The Balaban J connectivity index is 1.63. The van der Waals surface area contributed by atoms with Gasteiger partial charge in [-0.3, -0.25) is 4.79 Å². The van der Waals surface area contributed by atoms with Crippen molar-refractivity contribution in [3.63, 3.8) is 0 Å². The first-order valence-corrected chi connectivity index (χ1v) is 9.06. The number of thiazole rings is 1. The van der Waals surface area contributed by atoms with Crippen LogP contribution in [0.4, 0.5) is 0 Å². The van der Waals surface area contributed by atoms with Gasteiger partial charge in [0, 0.05) is 19.1 Å². The molecular formula is C16H24N2O3S. The zero-order chi connectivity index (χ0) is 15.4. The van der Waals surface area contributed by atoms with Crippen LogP contribution in [0.5, 0.6) is 0 Å². The lowest BCUT2D eigenvalue weighted by Crippen LogP contribution is -2.43. The van der Waals surface area contributed by atoms with Gasteiger partial charge in [0.25, 0.3) is 5.91 Å². The van der Waals surface area contributed by atoms with Gasteiger partial charge in [-0.2, -0.15) is 0 Å². The van der Waals surface area contributed by atoms with Crippen molar-refractivity contribution in [1.29, 1.82) is 0 Å². The third kappa shape index (κ3) is 3.67. The maximum atomic E-state index is 12.5. The van der Waals surface area contributed by atoms with Gasteiger partial charge in [-0.05, 0) is 25.7 Å². The summed E-state index contributed by atoms with van der Waals surface area (Å²) in [6.07, 6.45) is 7.79. The number of nitrogens with one attached hydrogen (secondary N) is 1. The molecule has 1 amide bonds. The Labute approximate surface area is 135 Å². The van der Waals surface area contributed by atoms with E-state index in [0.717, 1.165) is 43.7 Å². The van der Waals surface area contributed by atoms with Gasteiger partial charge in [-0.25, -0.2) is 4.98 Å². The quantitative estimate of drug-likeness (QED) is 0.865. The molecule has 1 saturated heterocycles. The molecule has 1 aromatic heterocycles. The number of methoxy groups -OCH3 is 1. The Bertz CT molecular complexity index is 499. The van der Waals surface area contributed by atoms with Crippen LogP contribution in [-0.2, 0) is 9.47 Å². The number of carbonyl (C=O) groups excluding carboxylic acids is 1. The van der Waals surface area contributed by atoms with E-state index in [9.17, 15) is 4.79 Å². The summed E-state index contributed by atoms with van der Waals surface area (Å²) >= 11 is 1.52. The fourth-order valence-corrected chi connectivity index (χ4v) is 4.16. The van der Waals surface area contributed by atoms with Crippen LogP contribution in [-0.4, -0.2) is 36.8 Å². The van der Waals surface area contributed by atoms with Gasteiger partial charge in [-0.1, -0.05) is 19.3 Å². The molecule has 2 heterocycles. The van der Waals surface area contributed by atoms with Crippen LogP contribution in [0.15, 0.2) is 5.38 Å². The molecule has 0 radical (unpaired) electrons. The highest BCUT2D eigenvalue weighted by atomic mass is 32.1. The average molecular weight is 324 g/mol. The Morgan fingerprint density at radius 3 is 2.95 bits per heavy atom. The molecule has 2 aliphatic rings. The van der Waals surface area contributed by atoms with Gasteiger partial charge in [0.2, 0.25) is 0 Å². The normalized spacial score (nSPS) is 29.2. The highest BCUT2D eigenvalue weighted by Crippen LogP contribution is 2.30. The minimum Gasteiger partial charge on any atom is -0.379 e. The molecule has 3 rings (SSSR count). The highest BCUT2D eigenvalue weighted by Gasteiger charge is 2.27. The average Bonchev–Trinajstić information content (AvgIpc) is 3.16. The topological polar surface area (TPSA) is 60.5 Å². The zero-order valence-corrected chi connectivity index (χ0v) is 13.9. The van der Waals surface area contributed by atoms with Crippen LogP contribution in [0.25, 0.3) is 0 Å². The van der Waals surface area contributed by atoms with Crippen LogP contribution in [0.1, 0.15) is 66.5 Å². The molecule has 22 heavy (non-hydrogen) atoms. The lowest BCUT2D eigenvalue weighted by atomic mass is 10.1. The van der Waals surface area contributed by atoms with E-state index in [1.807, 2.05) is 5.38 Å². The molecule has 1 N–H and O–H groups in total. The molecule has 0 bridgehead atoms. The minimum absolute atomic E-state index is 0.0798. The largest absolute Gasteiger partial charge is 0.379 e. The summed E-state index contributed by atoms with van der Waals surface area (Å²) in [6.45, 7) is 0.795. The summed E-state index contributed by atoms with van der Waals surface area (Å²) in [6, 6.07) is 0.0906. The van der Waals surface area contributed by atoms with Gasteiger partial charge in [-0.15, -0.1) is 11.3 Å². The van der Waals surface area contributed by atoms with Crippen molar-refractivity contribution in [2.24, 2.45) is 0 Å². The lowest BCUT2D eigenvalue weighted by molar-refractivity contribution is 0.0566. The molecule has 2 fully saturated rings. The summed E-state index contributed by atoms with van der Waals surface area (Å²) in [5, 5.41) is 5.88. The number of ether oxygens (including phenoxy) is 2. The van der Waals surface area contributed by atoms with Crippen molar-refractivity contribution in [3.05, 3.63) is 16.1 Å². The van der Waals surface area contributed by atoms with E-state index in [1.165, 1.54) is 24.2 Å². The summed E-state index contributed by atoms with van der Waals surface area (Å²) in [7, 11) is 1.73. The Morgan fingerprint density at radius 2 is 2.18 bits per heavy atom. The number of rotatable bonds is 4. The van der Waals surface area contributed by atoms with E-state index in [0.29, 0.717) is 5.69 Å². The van der Waals surface area contributed by atoms with Crippen molar-refractivity contribution in [2.45, 2.75) is 63.2 Å². The smallest absolute Gasteiger partial charge is 0.271 e. The first-order valence-electron chi connectivity index (χ1n) is 8.18. The Kier molecular flexibility index (Phi) is 5.44. The molecule has 122 valence electrons. The van der Waals surface area contributed by atoms with Crippen LogP contribution in [0.3, 0.4) is 0 Å². The summed E-state index contributed by atoms with van der Waals surface area (Å²) in [5.74, 6) is -0.0885. The number of amides is 1. The second-order valence-corrected chi connectivity index (χ2v) is 6.95. The van der Waals surface area contributed by atoms with Gasteiger partial charge >= 0.3 is 0 Å². The molecule has 0 spiro atoms. The number of aromatic nitrogens is 1. The van der Waals surface area contributed by atoms with E-state index >= 15 is 0 Å². The number of nitrogens with zero attached hydrogens (tertiary/aromatic N) is 1. The number of hydrogen-bond acceptors (Lipinski definition) is 5. The highest BCUT2D eigenvalue weighted by molar-refractivity contribution is 7.09. The first-order chi connectivity index (χ1) is 10.8. The predicted molar refractivity (Wildman–Crippen MR) is 85.2 cm³/mol. The molecular weight excluding hydrogens is 300 g/mol. The fourth-order valence-electron chi connectivity index (χ4n) is 3.28. The molecule has 0 unspecified atom stereocenters. The molecule has 1 aromatic rings. The summed E-state index contributed by atoms with van der Waals surface area (Å²) in [4.78, 5) is 16.9. The van der Waals surface area contributed by atoms with E-state index in [4.69, 9.17) is 9.47 Å². The van der Waals surface area contributed by atoms with Crippen molar-refractivity contribution in [2.75, 3.05) is 13.7 Å². The van der Waals surface area contributed by atoms with Crippen molar-refractivity contribution >= 4 is 17.2 Å². The lowest BCUT2D eigenvalue weighted by Gasteiger charge is -2.24. The second kappa shape index (κ2) is 7.53. The molecule has 1 aliphatic heterocycles. The monoisotopic (exact) mass is 324 g/mol. The van der Waals surface area contributed by atoms with E-state index in [1.54, 1.807) is 7.11 Å². The zero-order valence-electron chi connectivity index (χ0n) is 13.0. The van der Waals surface area contributed by atoms with Gasteiger partial charge in [0.1, 0.15) is 16.8 Å². The van der Waals surface area contributed by atoms with Crippen molar-refractivity contribution in [1.82, 2.24) is 10.3 Å². The third-order valence-corrected chi connectivity index (χ3v) is 5.47. The Hall–Kier alpha value is -0.980. The second-order valence-electron chi connectivity index (χ2n) is 6.06. The molecule has 3 atom stereocenters. The van der Waals surface area contributed by atoms with E-state index in [-0.39, 0.29) is 24.2 Å². The molecule has 1 saturated carbocycles. The maximum Gasteiger partial charge on any atom is 0.271 e. The van der Waals surface area contributed by atoms with Gasteiger partial charge in [0.05, 0.1) is 12.1 Å². The number of hydrogen-bond donors (Lipinski definition) is 1. The molecule has 1 aliphatic carbocycles. The van der Waals surface area contributed by atoms with Crippen LogP contribution in [0, 0.1) is 0 Å². The van der Waals surface area contributed by atoms with Crippen molar-refractivity contribution in [3.8, 4) is 0 Å². The van der Waals surface area contributed by atoms with Crippen LogP contribution < -0.4 is 5.32 Å². The Morgan fingerprint density at radius 1 is 1.32 bits per heavy atom. The number of carbonyl (C=O) groups is 1. The van der Waals surface area contributed by atoms with E-state index in [2.05, 4.69) is 10.3 Å². The van der Waals surface area contributed by atoms with Gasteiger partial charge in [0.15, 0.2) is 0 Å². The van der Waals surface area contributed by atoms with Crippen molar-refractivity contribution < 1.29 is 14.3 Å². The summed E-state index contributed by atoms with van der Waals surface area (Å²) < 4.78 is 11.2. The molecule has 0 aromatic carbocycles. The summed E-state index contributed by atoms with van der Waals surface area (Å²) in [5.41, 5.74) is 0.509. The fraction of sp³-hybridized carbons (Fsp3) is 0.750. The van der Waals surface area contributed by atoms with Gasteiger partial charge < -0.3 is 14.8 Å². The minimum atomic E-state index is -0.0885. The van der Waals surface area contributed by atoms with Crippen LogP contribution in [0.2, 0.25) is 0 Å². The maximum absolute atomic E-state index is 12.5.